The van der Waals surface area contributed by atoms with Crippen molar-refractivity contribution in [2.45, 2.75) is 23.1 Å². The zero-order valence-electron chi connectivity index (χ0n) is 25.3. The summed E-state index contributed by atoms with van der Waals surface area (Å²) < 4.78 is 20.5. The van der Waals surface area contributed by atoms with Crippen LogP contribution in [0.5, 0.6) is 5.75 Å². The van der Waals surface area contributed by atoms with E-state index in [1.807, 2.05) is 67.6 Å². The van der Waals surface area contributed by atoms with Crippen molar-refractivity contribution in [3.63, 3.8) is 0 Å². The van der Waals surface area contributed by atoms with Crippen LogP contribution < -0.4 is 16.0 Å². The lowest BCUT2D eigenvalue weighted by molar-refractivity contribution is 0.0990. The van der Waals surface area contributed by atoms with Gasteiger partial charge in [0.1, 0.15) is 17.4 Å². The van der Waals surface area contributed by atoms with E-state index in [9.17, 15) is 14.0 Å². The number of carbonyl (C=O) groups is 1. The van der Waals surface area contributed by atoms with Gasteiger partial charge in [-0.25, -0.2) is 9.07 Å². The van der Waals surface area contributed by atoms with Crippen molar-refractivity contribution < 1.29 is 13.9 Å². The number of nitrogens with one attached hydrogen (secondary N) is 1. The van der Waals surface area contributed by atoms with Gasteiger partial charge in [0.25, 0.3) is 5.56 Å². The maximum absolute atomic E-state index is 13.6. The number of ketones is 1. The van der Waals surface area contributed by atoms with Gasteiger partial charge in [-0.2, -0.15) is 5.10 Å². The smallest absolute Gasteiger partial charge is 0.259 e. The molecular weight excluding hydrogens is 753 g/mol. The second kappa shape index (κ2) is 15.1. The summed E-state index contributed by atoms with van der Waals surface area (Å²) in [6, 6.07) is 25.3. The third-order valence-electron chi connectivity index (χ3n) is 7.26. The number of hydrogen-bond acceptors (Lipinski definition) is 6. The van der Waals surface area contributed by atoms with Crippen molar-refractivity contribution in [1.82, 2.24) is 19.7 Å². The number of fused-ring (bicyclic) bond motifs is 1. The molecule has 6 rings (SSSR count). The number of aromatic nitrogens is 4. The maximum Gasteiger partial charge on any atom is 0.259 e. The molecule has 0 spiro atoms. The zero-order valence-corrected chi connectivity index (χ0v) is 29.2. The highest BCUT2D eigenvalue weighted by Gasteiger charge is 2.31. The van der Waals surface area contributed by atoms with Gasteiger partial charge in [-0.3, -0.25) is 14.6 Å². The van der Waals surface area contributed by atoms with E-state index >= 15 is 0 Å². The van der Waals surface area contributed by atoms with Crippen LogP contribution in [-0.4, -0.2) is 37.5 Å². The quantitative estimate of drug-likeness (QED) is 0.119. The number of nitrogens with zero attached hydrogens (tertiary/aromatic N) is 3. The van der Waals surface area contributed by atoms with Crippen molar-refractivity contribution >= 4 is 66.0 Å². The van der Waals surface area contributed by atoms with E-state index in [4.69, 9.17) is 22.1 Å². The number of aromatic amines is 1. The molecule has 8 nitrogen and oxygen atoms in total. The predicted octanol–water partition coefficient (Wildman–Crippen LogP) is 8.30. The Kier molecular flexibility index (Phi) is 10.9. The largest absolute Gasteiger partial charge is 0.497 e. The number of halogens is 4. The first-order chi connectivity index (χ1) is 22.5. The van der Waals surface area contributed by atoms with Crippen LogP contribution >= 0.6 is 43.5 Å². The molecule has 3 heterocycles. The molecule has 0 saturated carbocycles. The highest BCUT2D eigenvalue weighted by atomic mass is 79.9. The number of rotatable bonds is 8. The van der Waals surface area contributed by atoms with E-state index in [0.717, 1.165) is 23.2 Å². The van der Waals surface area contributed by atoms with Crippen molar-refractivity contribution in [2.75, 3.05) is 12.8 Å². The van der Waals surface area contributed by atoms with E-state index in [-0.39, 0.29) is 5.56 Å². The summed E-state index contributed by atoms with van der Waals surface area (Å²) in [5.41, 5.74) is 9.63. The van der Waals surface area contributed by atoms with Crippen LogP contribution in [0.25, 0.3) is 22.0 Å². The number of anilines is 1. The lowest BCUT2D eigenvalue weighted by Gasteiger charge is -2.18. The highest BCUT2D eigenvalue weighted by Crippen LogP contribution is 2.37. The summed E-state index contributed by atoms with van der Waals surface area (Å²) in [5, 5.41) is 5.44. The average Bonchev–Trinajstić information content (AvgIpc) is 3.39. The average molecular weight is 782 g/mol. The van der Waals surface area contributed by atoms with Gasteiger partial charge in [0.15, 0.2) is 5.78 Å². The maximum atomic E-state index is 13.6. The third-order valence-corrected chi connectivity index (χ3v) is 10.2. The van der Waals surface area contributed by atoms with Crippen LogP contribution in [0.4, 0.5) is 10.2 Å². The summed E-state index contributed by atoms with van der Waals surface area (Å²) in [5.74, 6) is 0.576. The molecule has 0 radical (unpaired) electrons. The number of aryl methyl sites for hydroxylation is 1. The Labute approximate surface area is 292 Å². The number of benzene rings is 3. The highest BCUT2D eigenvalue weighted by molar-refractivity contribution is 9.12. The zero-order chi connectivity index (χ0) is 33.7. The number of carbonyl (C=O) groups excluding carboxylic acids is 1. The standard InChI is InChI=1S/C23H14Br2ClFN2O2.C12H15N3O/c24-20(13-8-15(27)11-28-10-13)21(25)22(30)19-18(12-4-2-1-3-5-12)16-9-14(26)6-7-17(16)29-23(19)31;1-9-7-12(13)15(14-9)8-10-3-5-11(16-2)6-4-10/h1-11,20-21H,(H,29,31);3-7H,8,13H2,1-2H3. The Morgan fingerprint density at radius 3 is 2.40 bits per heavy atom. The van der Waals surface area contributed by atoms with Crippen LogP contribution in [0, 0.1) is 12.7 Å². The Bertz CT molecular complexity index is 2090. The second-order valence-electron chi connectivity index (χ2n) is 10.6. The monoisotopic (exact) mass is 779 g/mol. The topological polar surface area (TPSA) is 116 Å². The molecule has 0 aliphatic heterocycles. The minimum Gasteiger partial charge on any atom is -0.497 e. The van der Waals surface area contributed by atoms with Gasteiger partial charge < -0.3 is 15.5 Å². The van der Waals surface area contributed by atoms with Crippen LogP contribution in [0.15, 0.2) is 102 Å². The first-order valence-corrected chi connectivity index (χ1v) is 16.5. The minimum atomic E-state index is -0.851. The van der Waals surface area contributed by atoms with Crippen molar-refractivity contribution in [1.29, 1.82) is 0 Å². The summed E-state index contributed by atoms with van der Waals surface area (Å²) in [6.45, 7) is 2.62. The van der Waals surface area contributed by atoms with E-state index in [1.165, 1.54) is 12.3 Å². The number of H-pyrrole nitrogens is 1. The van der Waals surface area contributed by atoms with Gasteiger partial charge in [0, 0.05) is 33.8 Å². The molecule has 0 saturated heterocycles. The van der Waals surface area contributed by atoms with Crippen molar-refractivity contribution in [3.8, 4) is 16.9 Å². The molecule has 6 aromatic rings. The fraction of sp³-hybridized carbons (Fsp3) is 0.143. The Hall–Kier alpha value is -4.32. The van der Waals surface area contributed by atoms with Gasteiger partial charge in [-0.15, -0.1) is 0 Å². The van der Waals surface area contributed by atoms with Crippen LogP contribution in [0.1, 0.15) is 32.0 Å². The van der Waals surface area contributed by atoms with Gasteiger partial charge in [-0.1, -0.05) is 85.9 Å². The molecule has 0 bridgehead atoms. The molecule has 3 aromatic heterocycles. The Balaban J connectivity index is 0.000000227. The minimum absolute atomic E-state index is 0.00310. The number of methoxy groups -OCH3 is 1. The first-order valence-electron chi connectivity index (χ1n) is 14.3. The molecule has 2 atom stereocenters. The number of nitrogen functional groups attached to an aromatic ring is 1. The Morgan fingerprint density at radius 1 is 1.04 bits per heavy atom. The fourth-order valence-corrected chi connectivity index (χ4v) is 6.22. The molecule has 0 fully saturated rings. The third kappa shape index (κ3) is 7.98. The molecule has 0 aliphatic rings. The molecule has 3 N–H and O–H groups in total. The van der Waals surface area contributed by atoms with E-state index in [1.54, 1.807) is 30.0 Å². The summed E-state index contributed by atoms with van der Waals surface area (Å²) in [6.07, 6.45) is 2.55. The molecule has 12 heteroatoms. The summed E-state index contributed by atoms with van der Waals surface area (Å²) in [7, 11) is 1.66. The van der Waals surface area contributed by atoms with E-state index in [2.05, 4.69) is 46.9 Å². The van der Waals surface area contributed by atoms with Crippen LogP contribution in [0.3, 0.4) is 0 Å². The molecule has 2 unspecified atom stereocenters. The number of Topliss-reactive ketones (excluding diaryl/α,β-unsaturated/α-hetero) is 1. The first kappa shape index (κ1) is 34.0. The lowest BCUT2D eigenvalue weighted by Crippen LogP contribution is -2.28. The van der Waals surface area contributed by atoms with Gasteiger partial charge in [-0.05, 0) is 60.0 Å². The SMILES string of the molecule is COc1ccc(Cn2nc(C)cc2N)cc1.O=C(c1c(-c2ccccc2)c2cc(Cl)ccc2[nH]c1=O)C(Br)C(Br)c1cncc(F)c1. The second-order valence-corrected chi connectivity index (χ2v) is 13.0. The summed E-state index contributed by atoms with van der Waals surface area (Å²) >= 11 is 13.1. The molecule has 0 amide bonds. The van der Waals surface area contributed by atoms with Crippen LogP contribution in [0.2, 0.25) is 5.02 Å². The normalized spacial score (nSPS) is 12.2. The van der Waals surface area contributed by atoms with Crippen molar-refractivity contribution in [2.24, 2.45) is 0 Å². The molecule has 240 valence electrons. The van der Waals surface area contributed by atoms with Crippen molar-refractivity contribution in [3.05, 3.63) is 141 Å². The van der Waals surface area contributed by atoms with Gasteiger partial charge in [0.2, 0.25) is 0 Å². The molecule has 47 heavy (non-hydrogen) atoms. The fourth-order valence-electron chi connectivity index (χ4n) is 5.02. The van der Waals surface area contributed by atoms with Crippen LogP contribution in [-0.2, 0) is 6.54 Å². The number of alkyl halides is 2. The Morgan fingerprint density at radius 2 is 1.77 bits per heavy atom. The number of pyridine rings is 2. The predicted molar refractivity (Wildman–Crippen MR) is 191 cm³/mol. The molecular formula is C35H29Br2ClFN5O3. The van der Waals surface area contributed by atoms with E-state index < -0.39 is 26.8 Å². The number of ether oxygens (including phenoxy) is 1. The summed E-state index contributed by atoms with van der Waals surface area (Å²) in [4.78, 5) is 31.7. The van der Waals surface area contributed by atoms with Gasteiger partial charge >= 0.3 is 0 Å². The van der Waals surface area contributed by atoms with E-state index in [0.29, 0.717) is 45.0 Å². The lowest BCUT2D eigenvalue weighted by atomic mass is 9.92. The number of nitrogens with two attached hydrogens (primary N) is 1. The molecule has 0 aliphatic carbocycles. The molecule has 3 aromatic carbocycles. The van der Waals surface area contributed by atoms with Gasteiger partial charge in [0.05, 0.1) is 40.8 Å². The number of hydrogen-bond donors (Lipinski definition) is 2.